The molecule has 0 unspecified atom stereocenters. The van der Waals surface area contributed by atoms with E-state index >= 15 is 0 Å². The number of rotatable bonds is 3. The molecular weight excluding hydrogens is 192 g/mol. The highest BCUT2D eigenvalue weighted by atomic mass is 32.1. The van der Waals surface area contributed by atoms with Gasteiger partial charge in [-0.25, -0.2) is 4.98 Å². The fraction of sp³-hybridized carbons (Fsp3) is 0.727. The van der Waals surface area contributed by atoms with E-state index in [-0.39, 0.29) is 5.54 Å². The lowest BCUT2D eigenvalue weighted by Crippen LogP contribution is -2.43. The van der Waals surface area contributed by atoms with Gasteiger partial charge in [0, 0.05) is 11.8 Å². The van der Waals surface area contributed by atoms with Crippen molar-refractivity contribution in [2.24, 2.45) is 11.7 Å². The van der Waals surface area contributed by atoms with Gasteiger partial charge in [0.25, 0.3) is 0 Å². The van der Waals surface area contributed by atoms with E-state index in [1.807, 2.05) is 0 Å². The Labute approximate surface area is 88.5 Å². The predicted octanol–water partition coefficient (Wildman–Crippen LogP) is 2.43. The quantitative estimate of drug-likeness (QED) is 0.828. The minimum Gasteiger partial charge on any atom is -0.320 e. The molecule has 1 aromatic heterocycles. The van der Waals surface area contributed by atoms with Gasteiger partial charge in [-0.1, -0.05) is 0 Å². The summed E-state index contributed by atoms with van der Waals surface area (Å²) in [7, 11) is 0. The summed E-state index contributed by atoms with van der Waals surface area (Å²) < 4.78 is 0. The molecule has 3 rings (SSSR count). The zero-order valence-electron chi connectivity index (χ0n) is 8.33. The van der Waals surface area contributed by atoms with Crippen LogP contribution < -0.4 is 5.73 Å². The second-order valence-corrected chi connectivity index (χ2v) is 5.73. The highest BCUT2D eigenvalue weighted by Crippen LogP contribution is 2.40. The third-order valence-corrected chi connectivity index (χ3v) is 4.34. The lowest BCUT2D eigenvalue weighted by molar-refractivity contribution is 0.247. The summed E-state index contributed by atoms with van der Waals surface area (Å²) in [6.07, 6.45) is 7.53. The SMILES string of the molecule is NC1(c2csc(CC3CC3)n2)CCC1. The van der Waals surface area contributed by atoms with Crippen LogP contribution in [0.3, 0.4) is 0 Å². The van der Waals surface area contributed by atoms with Crippen molar-refractivity contribution in [3.8, 4) is 0 Å². The molecule has 2 saturated carbocycles. The van der Waals surface area contributed by atoms with Crippen LogP contribution in [-0.4, -0.2) is 4.98 Å². The molecule has 1 heterocycles. The van der Waals surface area contributed by atoms with Gasteiger partial charge in [0.05, 0.1) is 16.2 Å². The third kappa shape index (κ3) is 1.48. The maximum atomic E-state index is 6.23. The number of aromatic nitrogens is 1. The molecule has 0 radical (unpaired) electrons. The number of nitrogens with two attached hydrogens (primary N) is 1. The summed E-state index contributed by atoms with van der Waals surface area (Å²) in [5.41, 5.74) is 7.33. The fourth-order valence-electron chi connectivity index (χ4n) is 2.02. The molecule has 0 saturated heterocycles. The molecule has 76 valence electrons. The number of nitrogens with zero attached hydrogens (tertiary/aromatic N) is 1. The van der Waals surface area contributed by atoms with Crippen LogP contribution in [0.5, 0.6) is 0 Å². The van der Waals surface area contributed by atoms with Crippen LogP contribution >= 0.6 is 11.3 Å². The summed E-state index contributed by atoms with van der Waals surface area (Å²) in [6.45, 7) is 0. The van der Waals surface area contributed by atoms with E-state index in [1.165, 1.54) is 30.7 Å². The highest BCUT2D eigenvalue weighted by molar-refractivity contribution is 7.09. The summed E-state index contributed by atoms with van der Waals surface area (Å²) >= 11 is 1.80. The average molecular weight is 208 g/mol. The predicted molar refractivity (Wildman–Crippen MR) is 58.3 cm³/mol. The molecule has 0 aliphatic heterocycles. The summed E-state index contributed by atoms with van der Waals surface area (Å²) in [5, 5.41) is 3.48. The van der Waals surface area contributed by atoms with Gasteiger partial charge in [0.1, 0.15) is 0 Å². The number of thiazole rings is 1. The molecule has 2 aliphatic rings. The van der Waals surface area contributed by atoms with Crippen molar-refractivity contribution in [3.63, 3.8) is 0 Å². The van der Waals surface area contributed by atoms with E-state index in [2.05, 4.69) is 10.4 Å². The highest BCUT2D eigenvalue weighted by Gasteiger charge is 2.36. The first-order valence-electron chi connectivity index (χ1n) is 5.50. The Morgan fingerprint density at radius 2 is 2.29 bits per heavy atom. The molecule has 2 fully saturated rings. The van der Waals surface area contributed by atoms with Crippen molar-refractivity contribution in [1.82, 2.24) is 4.98 Å². The van der Waals surface area contributed by atoms with E-state index in [0.717, 1.165) is 24.5 Å². The van der Waals surface area contributed by atoms with Gasteiger partial charge in [0.2, 0.25) is 0 Å². The van der Waals surface area contributed by atoms with E-state index in [0.29, 0.717) is 0 Å². The number of hydrogen-bond donors (Lipinski definition) is 1. The van der Waals surface area contributed by atoms with Gasteiger partial charge >= 0.3 is 0 Å². The normalized spacial score (nSPS) is 24.6. The van der Waals surface area contributed by atoms with E-state index in [4.69, 9.17) is 5.73 Å². The molecule has 1 aromatic rings. The Bertz CT molecular complexity index is 337. The van der Waals surface area contributed by atoms with Gasteiger partial charge in [0.15, 0.2) is 0 Å². The van der Waals surface area contributed by atoms with Crippen LogP contribution in [0.4, 0.5) is 0 Å². The fourth-order valence-corrected chi connectivity index (χ4v) is 3.03. The van der Waals surface area contributed by atoms with Crippen molar-refractivity contribution in [1.29, 1.82) is 0 Å². The van der Waals surface area contributed by atoms with Crippen LogP contribution in [0, 0.1) is 5.92 Å². The molecule has 0 bridgehead atoms. The van der Waals surface area contributed by atoms with Crippen LogP contribution in [0.2, 0.25) is 0 Å². The van der Waals surface area contributed by atoms with Crippen LogP contribution in [-0.2, 0) is 12.0 Å². The Kier molecular flexibility index (Phi) is 1.92. The van der Waals surface area contributed by atoms with E-state index in [9.17, 15) is 0 Å². The average Bonchev–Trinajstić information content (AvgIpc) is 2.78. The topological polar surface area (TPSA) is 38.9 Å². The van der Waals surface area contributed by atoms with Crippen molar-refractivity contribution in [3.05, 3.63) is 16.1 Å². The molecule has 14 heavy (non-hydrogen) atoms. The van der Waals surface area contributed by atoms with Gasteiger partial charge in [-0.3, -0.25) is 0 Å². The second-order valence-electron chi connectivity index (χ2n) is 4.78. The van der Waals surface area contributed by atoms with Crippen molar-refractivity contribution >= 4 is 11.3 Å². The monoisotopic (exact) mass is 208 g/mol. The largest absolute Gasteiger partial charge is 0.320 e. The Hall–Kier alpha value is -0.410. The zero-order chi connectivity index (χ0) is 9.60. The van der Waals surface area contributed by atoms with Crippen LogP contribution in [0.15, 0.2) is 5.38 Å². The van der Waals surface area contributed by atoms with Crippen LogP contribution in [0.1, 0.15) is 42.8 Å². The first kappa shape index (κ1) is 8.86. The molecule has 0 amide bonds. The summed E-state index contributed by atoms with van der Waals surface area (Å²) in [4.78, 5) is 4.68. The van der Waals surface area contributed by atoms with Crippen LogP contribution in [0.25, 0.3) is 0 Å². The Morgan fingerprint density at radius 3 is 2.86 bits per heavy atom. The van der Waals surface area contributed by atoms with Gasteiger partial charge in [-0.15, -0.1) is 11.3 Å². The van der Waals surface area contributed by atoms with E-state index in [1.54, 1.807) is 11.3 Å². The summed E-state index contributed by atoms with van der Waals surface area (Å²) in [5.74, 6) is 0.934. The molecule has 3 heteroatoms. The first-order chi connectivity index (χ1) is 6.76. The maximum absolute atomic E-state index is 6.23. The number of hydrogen-bond acceptors (Lipinski definition) is 3. The molecule has 2 aliphatic carbocycles. The second kappa shape index (κ2) is 3.04. The minimum atomic E-state index is -0.0572. The Balaban J connectivity index is 1.75. The van der Waals surface area contributed by atoms with Gasteiger partial charge in [-0.05, 0) is 38.0 Å². The van der Waals surface area contributed by atoms with Crippen molar-refractivity contribution in [2.45, 2.75) is 44.1 Å². The smallest absolute Gasteiger partial charge is 0.0931 e. The summed E-state index contributed by atoms with van der Waals surface area (Å²) in [6, 6.07) is 0. The maximum Gasteiger partial charge on any atom is 0.0931 e. The minimum absolute atomic E-state index is 0.0572. The van der Waals surface area contributed by atoms with Gasteiger partial charge < -0.3 is 5.73 Å². The standard InChI is InChI=1S/C11H16N2S/c12-11(4-1-5-11)9-7-14-10(13-9)6-8-2-3-8/h7-8H,1-6,12H2. The molecule has 0 atom stereocenters. The zero-order valence-corrected chi connectivity index (χ0v) is 9.15. The molecule has 2 nitrogen and oxygen atoms in total. The van der Waals surface area contributed by atoms with E-state index < -0.39 is 0 Å². The third-order valence-electron chi connectivity index (χ3n) is 3.47. The molecule has 0 spiro atoms. The molecule has 2 N–H and O–H groups in total. The van der Waals surface area contributed by atoms with Gasteiger partial charge in [-0.2, -0.15) is 0 Å². The lowest BCUT2D eigenvalue weighted by atomic mass is 9.76. The lowest BCUT2D eigenvalue weighted by Gasteiger charge is -2.36. The first-order valence-corrected chi connectivity index (χ1v) is 6.38. The van der Waals surface area contributed by atoms with Crippen molar-refractivity contribution in [2.75, 3.05) is 0 Å². The molecular formula is C11H16N2S. The Morgan fingerprint density at radius 1 is 1.50 bits per heavy atom. The molecule has 0 aromatic carbocycles. The van der Waals surface area contributed by atoms with Crippen molar-refractivity contribution < 1.29 is 0 Å².